The molecule has 4 amide bonds. The number of carbonyl (C=O) groups is 3. The lowest BCUT2D eigenvalue weighted by Gasteiger charge is -2.26. The molecule has 0 spiro atoms. The number of carbonyl (C=O) groups excluding carboxylic acids is 3. The molecule has 1 heterocycles. The number of nitriles is 1. The van der Waals surface area contributed by atoms with Crippen molar-refractivity contribution in [2.24, 2.45) is 0 Å². The third-order valence-electron chi connectivity index (χ3n) is 5.36. The van der Waals surface area contributed by atoms with Gasteiger partial charge in [0, 0.05) is 10.6 Å². The fourth-order valence-electron chi connectivity index (χ4n) is 3.49. The van der Waals surface area contributed by atoms with Crippen LogP contribution in [0.4, 0.5) is 10.5 Å². The minimum atomic E-state index is -0.848. The summed E-state index contributed by atoms with van der Waals surface area (Å²) in [4.78, 5) is 39.0. The first kappa shape index (κ1) is 25.9. The summed E-state index contributed by atoms with van der Waals surface area (Å²) < 4.78 is 7.26. The zero-order valence-electron chi connectivity index (χ0n) is 18.6. The van der Waals surface area contributed by atoms with Crippen molar-refractivity contribution in [3.8, 4) is 11.8 Å². The Balaban J connectivity index is 1.62. The van der Waals surface area contributed by atoms with Gasteiger partial charge in [-0.1, -0.05) is 35.9 Å². The largest absolute Gasteiger partial charge is 0.487 e. The zero-order valence-corrected chi connectivity index (χ0v) is 23.1. The van der Waals surface area contributed by atoms with Gasteiger partial charge in [-0.2, -0.15) is 5.26 Å². The van der Waals surface area contributed by atoms with Gasteiger partial charge in [0.05, 0.1) is 25.4 Å². The highest BCUT2D eigenvalue weighted by Crippen LogP contribution is 2.34. The van der Waals surface area contributed by atoms with Crippen LogP contribution < -0.4 is 15.0 Å². The van der Waals surface area contributed by atoms with Crippen molar-refractivity contribution in [2.75, 3.05) is 4.90 Å². The van der Waals surface area contributed by atoms with Gasteiger partial charge in [0.25, 0.3) is 11.8 Å². The van der Waals surface area contributed by atoms with Crippen LogP contribution in [0.15, 0.2) is 64.6 Å². The van der Waals surface area contributed by atoms with Crippen LogP contribution in [0, 0.1) is 21.8 Å². The number of urea groups is 1. The van der Waals surface area contributed by atoms with Gasteiger partial charge < -0.3 is 4.74 Å². The van der Waals surface area contributed by atoms with Gasteiger partial charge in [-0.05, 0) is 93.0 Å². The number of benzene rings is 3. The van der Waals surface area contributed by atoms with E-state index in [0.717, 1.165) is 16.0 Å². The van der Waals surface area contributed by atoms with Crippen LogP contribution in [0.1, 0.15) is 22.3 Å². The van der Waals surface area contributed by atoms with Crippen molar-refractivity contribution in [3.05, 3.63) is 95.5 Å². The summed E-state index contributed by atoms with van der Waals surface area (Å²) in [7, 11) is 0. The van der Waals surface area contributed by atoms with E-state index in [4.69, 9.17) is 16.3 Å². The Morgan fingerprint density at radius 3 is 2.61 bits per heavy atom. The number of barbiturate groups is 1. The quantitative estimate of drug-likeness (QED) is 0.199. The third kappa shape index (κ3) is 5.31. The first-order chi connectivity index (χ1) is 17.2. The van der Waals surface area contributed by atoms with Crippen LogP contribution in [-0.4, -0.2) is 17.8 Å². The van der Waals surface area contributed by atoms with E-state index in [0.29, 0.717) is 29.9 Å². The molecule has 36 heavy (non-hydrogen) atoms. The Kier molecular flexibility index (Phi) is 7.78. The minimum Gasteiger partial charge on any atom is -0.487 e. The number of hydrogen-bond acceptors (Lipinski definition) is 5. The molecule has 1 fully saturated rings. The molecule has 0 aliphatic carbocycles. The Morgan fingerprint density at radius 2 is 1.92 bits per heavy atom. The second-order valence-electron chi connectivity index (χ2n) is 7.76. The number of halogens is 3. The lowest BCUT2D eigenvalue weighted by Crippen LogP contribution is -2.54. The summed E-state index contributed by atoms with van der Waals surface area (Å²) in [5, 5.41) is 11.9. The molecule has 180 valence electrons. The number of amides is 4. The van der Waals surface area contributed by atoms with Gasteiger partial charge in [-0.15, -0.1) is 0 Å². The molecule has 10 heteroatoms. The van der Waals surface area contributed by atoms with Gasteiger partial charge in [-0.3, -0.25) is 14.9 Å². The third-order valence-corrected chi connectivity index (χ3v) is 7.15. The van der Waals surface area contributed by atoms with Gasteiger partial charge in [0.2, 0.25) is 0 Å². The maximum Gasteiger partial charge on any atom is 0.335 e. The highest BCUT2D eigenvalue weighted by Gasteiger charge is 2.37. The predicted octanol–water partition coefficient (Wildman–Crippen LogP) is 6.13. The topological polar surface area (TPSA) is 99.5 Å². The Labute approximate surface area is 234 Å². The number of hydrogen-bond donors (Lipinski definition) is 1. The van der Waals surface area contributed by atoms with Crippen LogP contribution in [0.25, 0.3) is 6.08 Å². The first-order valence-corrected chi connectivity index (χ1v) is 12.7. The zero-order chi connectivity index (χ0) is 26.0. The van der Waals surface area contributed by atoms with Crippen molar-refractivity contribution >= 4 is 79.7 Å². The normalized spacial score (nSPS) is 14.6. The molecule has 0 unspecified atom stereocenters. The van der Waals surface area contributed by atoms with Crippen molar-refractivity contribution in [3.63, 3.8) is 0 Å². The molecular formula is C26H16BrClIN3O4. The first-order valence-electron chi connectivity index (χ1n) is 10.5. The van der Waals surface area contributed by atoms with E-state index >= 15 is 0 Å². The van der Waals surface area contributed by atoms with Crippen molar-refractivity contribution in [2.45, 2.75) is 13.5 Å². The second-order valence-corrected chi connectivity index (χ2v) is 10.2. The number of nitrogens with zero attached hydrogens (tertiary/aromatic N) is 2. The van der Waals surface area contributed by atoms with Crippen LogP contribution in [0.3, 0.4) is 0 Å². The van der Waals surface area contributed by atoms with Crippen molar-refractivity contribution in [1.82, 2.24) is 5.32 Å². The minimum absolute atomic E-state index is 0.190. The van der Waals surface area contributed by atoms with Crippen LogP contribution >= 0.6 is 50.1 Å². The average molecular weight is 677 g/mol. The smallest absolute Gasteiger partial charge is 0.335 e. The summed E-state index contributed by atoms with van der Waals surface area (Å²) in [5.74, 6) is -1.00. The summed E-state index contributed by atoms with van der Waals surface area (Å²) in [6, 6.07) is 16.7. The Hall–Kier alpha value is -3.20. The summed E-state index contributed by atoms with van der Waals surface area (Å²) in [6.07, 6.45) is 1.41. The lowest BCUT2D eigenvalue weighted by atomic mass is 10.1. The van der Waals surface area contributed by atoms with Crippen molar-refractivity contribution < 1.29 is 19.1 Å². The monoisotopic (exact) mass is 675 g/mol. The molecule has 1 saturated heterocycles. The molecule has 0 saturated carbocycles. The van der Waals surface area contributed by atoms with E-state index < -0.39 is 17.8 Å². The maximum atomic E-state index is 13.2. The molecule has 1 N–H and O–H groups in total. The fourth-order valence-corrected chi connectivity index (χ4v) is 5.43. The van der Waals surface area contributed by atoms with Crippen LogP contribution in [0.2, 0.25) is 5.02 Å². The SMILES string of the molecule is Cc1ccc(N2C(=O)NC(=O)/C(=C/c3cc(Br)c(OCc4ccccc4C#N)c(I)c3)C2=O)cc1Cl. The molecule has 1 aliphatic rings. The molecular weight excluding hydrogens is 661 g/mol. The van der Waals surface area contributed by atoms with Gasteiger partial charge in [0.15, 0.2) is 0 Å². The van der Waals surface area contributed by atoms with Gasteiger partial charge in [0.1, 0.15) is 17.9 Å². The fraction of sp³-hybridized carbons (Fsp3) is 0.0769. The molecule has 0 aromatic heterocycles. The number of anilines is 1. The Bertz CT molecular complexity index is 1480. The van der Waals surface area contributed by atoms with E-state index in [1.165, 1.54) is 12.1 Å². The van der Waals surface area contributed by atoms with Gasteiger partial charge >= 0.3 is 6.03 Å². The van der Waals surface area contributed by atoms with E-state index in [1.54, 1.807) is 43.3 Å². The number of aryl methyl sites for hydroxylation is 1. The van der Waals surface area contributed by atoms with Crippen LogP contribution in [0.5, 0.6) is 5.75 Å². The molecule has 0 radical (unpaired) electrons. The molecule has 0 bridgehead atoms. The highest BCUT2D eigenvalue weighted by molar-refractivity contribution is 14.1. The molecule has 3 aromatic carbocycles. The van der Waals surface area contributed by atoms with E-state index in [9.17, 15) is 19.6 Å². The lowest BCUT2D eigenvalue weighted by molar-refractivity contribution is -0.122. The molecule has 1 aliphatic heterocycles. The van der Waals surface area contributed by atoms with E-state index in [1.807, 2.05) is 12.1 Å². The van der Waals surface area contributed by atoms with Crippen LogP contribution in [-0.2, 0) is 16.2 Å². The number of ether oxygens (including phenoxy) is 1. The van der Waals surface area contributed by atoms with Crippen molar-refractivity contribution in [1.29, 1.82) is 5.26 Å². The van der Waals surface area contributed by atoms with Gasteiger partial charge in [-0.25, -0.2) is 9.69 Å². The predicted molar refractivity (Wildman–Crippen MR) is 148 cm³/mol. The number of imide groups is 2. The second kappa shape index (κ2) is 10.8. The summed E-state index contributed by atoms with van der Waals surface area (Å²) >= 11 is 11.7. The molecule has 0 atom stereocenters. The highest BCUT2D eigenvalue weighted by atomic mass is 127. The standard InChI is InChI=1S/C26H16BrClIN3O4/c1-14-6-7-18(11-21(14)28)32-25(34)19(24(33)31-26(32)35)8-15-9-20(27)23(22(29)10-15)36-13-17-5-3-2-4-16(17)12-30/h2-11H,13H2,1H3,(H,31,33,35)/b19-8-. The average Bonchev–Trinajstić information content (AvgIpc) is 2.83. The molecule has 7 nitrogen and oxygen atoms in total. The summed E-state index contributed by atoms with van der Waals surface area (Å²) in [5.41, 5.74) is 2.66. The maximum absolute atomic E-state index is 13.2. The Morgan fingerprint density at radius 1 is 1.17 bits per heavy atom. The number of nitrogens with one attached hydrogen (secondary N) is 1. The number of rotatable bonds is 5. The molecule has 3 aromatic rings. The van der Waals surface area contributed by atoms with E-state index in [-0.39, 0.29) is 17.9 Å². The van der Waals surface area contributed by atoms with E-state index in [2.05, 4.69) is 49.9 Å². The molecule has 4 rings (SSSR count). The summed E-state index contributed by atoms with van der Waals surface area (Å²) in [6.45, 7) is 1.99.